The number of rotatable bonds is 0. The molecule has 1 fully saturated rings. The van der Waals surface area contributed by atoms with Crippen LogP contribution < -0.4 is 5.32 Å². The zero-order chi connectivity index (χ0) is 8.67. The molecule has 1 N–H and O–H groups in total. The second-order valence-corrected chi connectivity index (χ2v) is 4.42. The standard InChI is InChI=1S/C11H16N2/c1-2-4-10-8(3-1)9-7-12-6-5-11(9)13-10/h2,4,6,8-11,13H,1,3,5,7H2. The lowest BCUT2D eigenvalue weighted by Gasteiger charge is -2.26. The van der Waals surface area contributed by atoms with E-state index in [0.29, 0.717) is 6.04 Å². The zero-order valence-electron chi connectivity index (χ0n) is 7.82. The van der Waals surface area contributed by atoms with Crippen LogP contribution in [0.25, 0.3) is 0 Å². The maximum atomic E-state index is 4.42. The van der Waals surface area contributed by atoms with Crippen molar-refractivity contribution in [2.45, 2.75) is 31.3 Å². The molecule has 2 heterocycles. The number of hydrogen-bond acceptors (Lipinski definition) is 2. The minimum atomic E-state index is 0.658. The number of allylic oxidation sites excluding steroid dienone is 1. The Hall–Kier alpha value is -0.630. The molecule has 1 saturated heterocycles. The van der Waals surface area contributed by atoms with Crippen LogP contribution in [0.3, 0.4) is 0 Å². The third-order valence-corrected chi connectivity index (χ3v) is 3.75. The van der Waals surface area contributed by atoms with Gasteiger partial charge in [0, 0.05) is 24.8 Å². The molecule has 0 spiro atoms. The molecule has 3 rings (SSSR count). The van der Waals surface area contributed by atoms with E-state index in [1.807, 2.05) is 0 Å². The summed E-state index contributed by atoms with van der Waals surface area (Å²) >= 11 is 0. The van der Waals surface area contributed by atoms with Gasteiger partial charge in [-0.25, -0.2) is 0 Å². The van der Waals surface area contributed by atoms with Crippen LogP contribution in [0.15, 0.2) is 17.1 Å². The molecule has 0 bridgehead atoms. The van der Waals surface area contributed by atoms with Crippen molar-refractivity contribution < 1.29 is 0 Å². The van der Waals surface area contributed by atoms with Crippen LogP contribution in [0.4, 0.5) is 0 Å². The van der Waals surface area contributed by atoms with E-state index in [4.69, 9.17) is 0 Å². The molecule has 2 aliphatic heterocycles. The Morgan fingerprint density at radius 1 is 1.31 bits per heavy atom. The van der Waals surface area contributed by atoms with Crippen molar-refractivity contribution in [2.75, 3.05) is 6.54 Å². The molecular formula is C11H16N2. The van der Waals surface area contributed by atoms with Crippen LogP contribution in [0.2, 0.25) is 0 Å². The molecular weight excluding hydrogens is 160 g/mol. The molecule has 70 valence electrons. The summed E-state index contributed by atoms with van der Waals surface area (Å²) in [5.74, 6) is 1.69. The monoisotopic (exact) mass is 176 g/mol. The first-order valence-corrected chi connectivity index (χ1v) is 5.36. The molecule has 0 aromatic heterocycles. The molecule has 0 amide bonds. The van der Waals surface area contributed by atoms with Gasteiger partial charge in [0.2, 0.25) is 0 Å². The first kappa shape index (κ1) is 7.74. The minimum absolute atomic E-state index is 0.658. The summed E-state index contributed by atoms with van der Waals surface area (Å²) in [6.45, 7) is 1.06. The van der Waals surface area contributed by atoms with Gasteiger partial charge in [-0.3, -0.25) is 4.99 Å². The highest BCUT2D eigenvalue weighted by atomic mass is 15.0. The SMILES string of the molecule is C1=CC2NC3CC=NCC3C2CC1. The minimum Gasteiger partial charge on any atom is -0.307 e. The maximum absolute atomic E-state index is 4.42. The van der Waals surface area contributed by atoms with E-state index < -0.39 is 0 Å². The average Bonchev–Trinajstić information content (AvgIpc) is 2.56. The molecule has 2 nitrogen and oxygen atoms in total. The average molecular weight is 176 g/mol. The summed E-state index contributed by atoms with van der Waals surface area (Å²) < 4.78 is 0. The molecule has 4 unspecified atom stereocenters. The molecule has 4 atom stereocenters. The van der Waals surface area contributed by atoms with Gasteiger partial charge >= 0.3 is 0 Å². The Balaban J connectivity index is 1.85. The topological polar surface area (TPSA) is 24.4 Å². The second kappa shape index (κ2) is 2.95. The van der Waals surface area contributed by atoms with Gasteiger partial charge in [-0.05, 0) is 31.1 Å². The van der Waals surface area contributed by atoms with Crippen LogP contribution >= 0.6 is 0 Å². The Bertz CT molecular complexity index is 257. The summed E-state index contributed by atoms with van der Waals surface area (Å²) in [6.07, 6.45) is 10.6. The van der Waals surface area contributed by atoms with Crippen LogP contribution in [0.1, 0.15) is 19.3 Å². The second-order valence-electron chi connectivity index (χ2n) is 4.42. The fourth-order valence-corrected chi connectivity index (χ4v) is 3.07. The van der Waals surface area contributed by atoms with Crippen molar-refractivity contribution in [3.8, 4) is 0 Å². The van der Waals surface area contributed by atoms with Crippen LogP contribution in [0, 0.1) is 11.8 Å². The Morgan fingerprint density at radius 3 is 3.31 bits per heavy atom. The van der Waals surface area contributed by atoms with Crippen LogP contribution in [-0.4, -0.2) is 24.8 Å². The third-order valence-electron chi connectivity index (χ3n) is 3.75. The predicted octanol–water partition coefficient (Wildman–Crippen LogP) is 1.38. The van der Waals surface area contributed by atoms with Crippen molar-refractivity contribution in [1.82, 2.24) is 5.32 Å². The summed E-state index contributed by atoms with van der Waals surface area (Å²) in [7, 11) is 0. The Morgan fingerprint density at radius 2 is 2.31 bits per heavy atom. The number of hydrogen-bond donors (Lipinski definition) is 1. The van der Waals surface area contributed by atoms with Crippen LogP contribution in [-0.2, 0) is 0 Å². The van der Waals surface area contributed by atoms with Gasteiger partial charge in [0.05, 0.1) is 0 Å². The summed E-state index contributed by atoms with van der Waals surface area (Å²) in [4.78, 5) is 4.42. The lowest BCUT2D eigenvalue weighted by Crippen LogP contribution is -2.33. The molecule has 13 heavy (non-hydrogen) atoms. The summed E-state index contributed by atoms with van der Waals surface area (Å²) in [6, 6.07) is 1.38. The molecule has 0 aromatic rings. The smallest absolute Gasteiger partial charge is 0.0432 e. The van der Waals surface area contributed by atoms with E-state index in [9.17, 15) is 0 Å². The van der Waals surface area contributed by atoms with Gasteiger partial charge in [0.25, 0.3) is 0 Å². The molecule has 2 heteroatoms. The molecule has 0 saturated carbocycles. The molecule has 0 aromatic carbocycles. The third kappa shape index (κ3) is 1.16. The van der Waals surface area contributed by atoms with Gasteiger partial charge in [0.1, 0.15) is 0 Å². The van der Waals surface area contributed by atoms with Crippen molar-refractivity contribution >= 4 is 6.21 Å². The highest BCUT2D eigenvalue weighted by Gasteiger charge is 2.42. The highest BCUT2D eigenvalue weighted by Crippen LogP contribution is 2.36. The van der Waals surface area contributed by atoms with Crippen molar-refractivity contribution in [3.63, 3.8) is 0 Å². The van der Waals surface area contributed by atoms with Crippen molar-refractivity contribution in [3.05, 3.63) is 12.2 Å². The fourth-order valence-electron chi connectivity index (χ4n) is 3.07. The van der Waals surface area contributed by atoms with Crippen LogP contribution in [0.5, 0.6) is 0 Å². The number of aliphatic imine (C=N–C) groups is 1. The quantitative estimate of drug-likeness (QED) is 0.554. The van der Waals surface area contributed by atoms with Gasteiger partial charge in [-0.1, -0.05) is 12.2 Å². The molecule has 3 aliphatic rings. The van der Waals surface area contributed by atoms with E-state index in [2.05, 4.69) is 28.7 Å². The Kier molecular flexibility index (Phi) is 1.76. The van der Waals surface area contributed by atoms with Crippen molar-refractivity contribution in [1.29, 1.82) is 0 Å². The van der Waals surface area contributed by atoms with Gasteiger partial charge in [-0.2, -0.15) is 0 Å². The van der Waals surface area contributed by atoms with Gasteiger partial charge in [-0.15, -0.1) is 0 Å². The molecule has 0 radical (unpaired) electrons. The lowest BCUT2D eigenvalue weighted by atomic mass is 9.80. The Labute approximate surface area is 79.1 Å². The largest absolute Gasteiger partial charge is 0.307 e. The number of nitrogens with one attached hydrogen (secondary N) is 1. The number of fused-ring (bicyclic) bond motifs is 3. The summed E-state index contributed by atoms with van der Waals surface area (Å²) in [5.41, 5.74) is 0. The first-order valence-electron chi connectivity index (χ1n) is 5.36. The van der Waals surface area contributed by atoms with Gasteiger partial charge in [0.15, 0.2) is 0 Å². The normalized spacial score (nSPS) is 47.4. The van der Waals surface area contributed by atoms with E-state index >= 15 is 0 Å². The zero-order valence-corrected chi connectivity index (χ0v) is 7.82. The maximum Gasteiger partial charge on any atom is 0.0432 e. The van der Waals surface area contributed by atoms with Crippen molar-refractivity contribution in [2.24, 2.45) is 16.8 Å². The first-order chi connectivity index (χ1) is 6.45. The van der Waals surface area contributed by atoms with Gasteiger partial charge < -0.3 is 5.32 Å². The fraction of sp³-hybridized carbons (Fsp3) is 0.727. The lowest BCUT2D eigenvalue weighted by molar-refractivity contribution is 0.334. The number of nitrogens with zero attached hydrogens (tertiary/aromatic N) is 1. The molecule has 1 aliphatic carbocycles. The van der Waals surface area contributed by atoms with E-state index in [1.165, 1.54) is 12.8 Å². The van der Waals surface area contributed by atoms with E-state index in [0.717, 1.165) is 30.8 Å². The summed E-state index contributed by atoms with van der Waals surface area (Å²) in [5, 5.41) is 3.72. The highest BCUT2D eigenvalue weighted by molar-refractivity contribution is 5.59. The predicted molar refractivity (Wildman–Crippen MR) is 54.0 cm³/mol. The van der Waals surface area contributed by atoms with E-state index in [1.54, 1.807) is 0 Å². The van der Waals surface area contributed by atoms with E-state index in [-0.39, 0.29) is 0 Å².